The van der Waals surface area contributed by atoms with Gasteiger partial charge in [-0.25, -0.2) is 0 Å². The number of benzene rings is 2. The van der Waals surface area contributed by atoms with Gasteiger partial charge >= 0.3 is 0 Å². The van der Waals surface area contributed by atoms with Crippen molar-refractivity contribution >= 4 is 29.5 Å². The summed E-state index contributed by atoms with van der Waals surface area (Å²) in [5, 5.41) is 13.9. The standard InChI is InChI=1S/C13H12N2O3.ClH/c1-18-11-8-6-10(7-9-11)14-12-4-2-3-5-13(12)15(16)17;/h2-9,14H,1H3;1H. The van der Waals surface area contributed by atoms with Crippen LogP contribution in [0.2, 0.25) is 0 Å². The molecule has 2 aromatic carbocycles. The monoisotopic (exact) mass is 280 g/mol. The minimum absolute atomic E-state index is 0. The molecule has 0 fully saturated rings. The van der Waals surface area contributed by atoms with Gasteiger partial charge in [-0.15, -0.1) is 12.4 Å². The summed E-state index contributed by atoms with van der Waals surface area (Å²) in [5.74, 6) is 0.739. The first-order valence-electron chi connectivity index (χ1n) is 5.35. The summed E-state index contributed by atoms with van der Waals surface area (Å²) in [6.07, 6.45) is 0. The lowest BCUT2D eigenvalue weighted by molar-refractivity contribution is -0.383. The molecule has 0 atom stereocenters. The number of nitrogens with zero attached hydrogens (tertiary/aromatic N) is 1. The Morgan fingerprint density at radius 1 is 1.11 bits per heavy atom. The Kier molecular flexibility index (Phi) is 5.14. The van der Waals surface area contributed by atoms with Gasteiger partial charge < -0.3 is 10.1 Å². The molecule has 0 spiro atoms. The van der Waals surface area contributed by atoms with E-state index in [1.807, 2.05) is 0 Å². The first kappa shape index (κ1) is 14.8. The van der Waals surface area contributed by atoms with E-state index in [0.29, 0.717) is 5.69 Å². The number of nitro groups is 1. The highest BCUT2D eigenvalue weighted by molar-refractivity contribution is 5.85. The highest BCUT2D eigenvalue weighted by Gasteiger charge is 2.11. The van der Waals surface area contributed by atoms with Crippen LogP contribution in [0.25, 0.3) is 0 Å². The smallest absolute Gasteiger partial charge is 0.292 e. The van der Waals surface area contributed by atoms with Crippen molar-refractivity contribution in [2.45, 2.75) is 0 Å². The van der Waals surface area contributed by atoms with Crippen molar-refractivity contribution in [2.75, 3.05) is 12.4 Å². The highest BCUT2D eigenvalue weighted by Crippen LogP contribution is 2.27. The zero-order chi connectivity index (χ0) is 13.0. The molecule has 0 bridgehead atoms. The van der Waals surface area contributed by atoms with E-state index in [1.54, 1.807) is 49.6 Å². The van der Waals surface area contributed by atoms with Gasteiger partial charge in [0.1, 0.15) is 11.4 Å². The van der Waals surface area contributed by atoms with E-state index in [9.17, 15) is 10.1 Å². The van der Waals surface area contributed by atoms with Crippen LogP contribution in [-0.4, -0.2) is 12.0 Å². The van der Waals surface area contributed by atoms with Gasteiger partial charge in [-0.1, -0.05) is 12.1 Å². The van der Waals surface area contributed by atoms with Gasteiger partial charge in [0.05, 0.1) is 12.0 Å². The lowest BCUT2D eigenvalue weighted by Crippen LogP contribution is -1.96. The molecule has 1 N–H and O–H groups in total. The summed E-state index contributed by atoms with van der Waals surface area (Å²) in [4.78, 5) is 10.4. The third kappa shape index (κ3) is 3.59. The lowest BCUT2D eigenvalue weighted by atomic mass is 10.2. The van der Waals surface area contributed by atoms with Crippen LogP contribution in [-0.2, 0) is 0 Å². The molecule has 100 valence electrons. The highest BCUT2D eigenvalue weighted by atomic mass is 35.5. The quantitative estimate of drug-likeness (QED) is 0.684. The van der Waals surface area contributed by atoms with Crippen LogP contribution in [0, 0.1) is 10.1 Å². The SMILES string of the molecule is COc1ccc(Nc2ccccc2[N+](=O)[O-])cc1.Cl. The number of hydrogen-bond donors (Lipinski definition) is 1. The first-order chi connectivity index (χ1) is 8.70. The van der Waals surface area contributed by atoms with Crippen LogP contribution in [0.4, 0.5) is 17.1 Å². The molecule has 0 radical (unpaired) electrons. The number of methoxy groups -OCH3 is 1. The minimum Gasteiger partial charge on any atom is -0.497 e. The van der Waals surface area contributed by atoms with Gasteiger partial charge in [-0.3, -0.25) is 10.1 Å². The third-order valence-corrected chi connectivity index (χ3v) is 2.47. The average molecular weight is 281 g/mol. The fraction of sp³-hybridized carbons (Fsp3) is 0.0769. The number of nitrogens with one attached hydrogen (secondary N) is 1. The Morgan fingerprint density at radius 3 is 2.32 bits per heavy atom. The van der Waals surface area contributed by atoms with E-state index in [2.05, 4.69) is 5.32 Å². The van der Waals surface area contributed by atoms with E-state index < -0.39 is 4.92 Å². The molecule has 0 aromatic heterocycles. The molecule has 5 nitrogen and oxygen atoms in total. The minimum atomic E-state index is -0.411. The second-order valence-electron chi connectivity index (χ2n) is 3.63. The summed E-state index contributed by atoms with van der Waals surface area (Å²) < 4.78 is 5.05. The Bertz CT molecular complexity index is 558. The number of anilines is 2. The van der Waals surface area contributed by atoms with Crippen LogP contribution >= 0.6 is 12.4 Å². The molecule has 6 heteroatoms. The number of ether oxygens (including phenoxy) is 1. The fourth-order valence-corrected chi connectivity index (χ4v) is 1.57. The van der Waals surface area contributed by atoms with E-state index in [1.165, 1.54) is 6.07 Å². The molecule has 19 heavy (non-hydrogen) atoms. The van der Waals surface area contributed by atoms with Crippen molar-refractivity contribution in [3.05, 3.63) is 58.6 Å². The number of nitro benzene ring substituents is 1. The van der Waals surface area contributed by atoms with E-state index in [0.717, 1.165) is 11.4 Å². The molecule has 0 aliphatic carbocycles. The van der Waals surface area contributed by atoms with Crippen molar-refractivity contribution in [2.24, 2.45) is 0 Å². The van der Waals surface area contributed by atoms with Crippen molar-refractivity contribution in [3.8, 4) is 5.75 Å². The van der Waals surface area contributed by atoms with E-state index in [4.69, 9.17) is 4.74 Å². The molecular weight excluding hydrogens is 268 g/mol. The van der Waals surface area contributed by atoms with E-state index >= 15 is 0 Å². The molecule has 0 aliphatic heterocycles. The van der Waals surface area contributed by atoms with Crippen LogP contribution in [0.3, 0.4) is 0 Å². The molecular formula is C13H13ClN2O3. The summed E-state index contributed by atoms with van der Waals surface area (Å²) in [6, 6.07) is 13.7. The summed E-state index contributed by atoms with van der Waals surface area (Å²) in [5.41, 5.74) is 1.28. The summed E-state index contributed by atoms with van der Waals surface area (Å²) >= 11 is 0. The fourth-order valence-electron chi connectivity index (χ4n) is 1.57. The van der Waals surface area contributed by atoms with Gasteiger partial charge in [0.2, 0.25) is 0 Å². The second-order valence-corrected chi connectivity index (χ2v) is 3.63. The predicted molar refractivity (Wildman–Crippen MR) is 76.6 cm³/mol. The molecule has 0 saturated carbocycles. The van der Waals surface area contributed by atoms with Crippen molar-refractivity contribution < 1.29 is 9.66 Å². The van der Waals surface area contributed by atoms with Gasteiger partial charge in [0, 0.05) is 11.8 Å². The normalized spacial score (nSPS) is 9.32. The topological polar surface area (TPSA) is 64.4 Å². The Morgan fingerprint density at radius 2 is 1.74 bits per heavy atom. The summed E-state index contributed by atoms with van der Waals surface area (Å²) in [7, 11) is 1.59. The molecule has 0 amide bonds. The van der Waals surface area contributed by atoms with Crippen molar-refractivity contribution in [3.63, 3.8) is 0 Å². The maximum Gasteiger partial charge on any atom is 0.292 e. The van der Waals surface area contributed by atoms with Crippen LogP contribution in [0.15, 0.2) is 48.5 Å². The van der Waals surface area contributed by atoms with E-state index in [-0.39, 0.29) is 18.1 Å². The van der Waals surface area contributed by atoms with Crippen molar-refractivity contribution in [1.82, 2.24) is 0 Å². The van der Waals surface area contributed by atoms with Gasteiger partial charge in [0.25, 0.3) is 5.69 Å². The first-order valence-corrected chi connectivity index (χ1v) is 5.35. The van der Waals surface area contributed by atoms with Gasteiger partial charge in [-0.2, -0.15) is 0 Å². The molecule has 2 rings (SSSR count). The van der Waals surface area contributed by atoms with Crippen LogP contribution < -0.4 is 10.1 Å². The number of para-hydroxylation sites is 2. The third-order valence-electron chi connectivity index (χ3n) is 2.47. The molecule has 0 saturated heterocycles. The van der Waals surface area contributed by atoms with Crippen LogP contribution in [0.1, 0.15) is 0 Å². The second kappa shape index (κ2) is 6.61. The zero-order valence-electron chi connectivity index (χ0n) is 10.2. The van der Waals surface area contributed by atoms with Gasteiger partial charge in [-0.05, 0) is 30.3 Å². The molecule has 0 heterocycles. The Balaban J connectivity index is 0.00000180. The number of hydrogen-bond acceptors (Lipinski definition) is 4. The Hall–Kier alpha value is -2.27. The number of rotatable bonds is 4. The predicted octanol–water partition coefficient (Wildman–Crippen LogP) is 3.77. The maximum atomic E-state index is 10.9. The number of halogens is 1. The largest absolute Gasteiger partial charge is 0.497 e. The van der Waals surface area contributed by atoms with Crippen LogP contribution in [0.5, 0.6) is 5.75 Å². The lowest BCUT2D eigenvalue weighted by Gasteiger charge is -2.07. The summed E-state index contributed by atoms with van der Waals surface area (Å²) in [6.45, 7) is 0. The molecule has 2 aromatic rings. The zero-order valence-corrected chi connectivity index (χ0v) is 11.0. The molecule has 0 aliphatic rings. The van der Waals surface area contributed by atoms with Crippen molar-refractivity contribution in [1.29, 1.82) is 0 Å². The van der Waals surface area contributed by atoms with Gasteiger partial charge in [0.15, 0.2) is 0 Å². The average Bonchev–Trinajstić information content (AvgIpc) is 2.40. The molecule has 0 unspecified atom stereocenters. The maximum absolute atomic E-state index is 10.9. The Labute approximate surface area is 116 Å².